The van der Waals surface area contributed by atoms with Crippen molar-refractivity contribution >= 4 is 34.1 Å². The molecule has 1 aromatic carbocycles. The Morgan fingerprint density at radius 1 is 1.40 bits per heavy atom. The summed E-state index contributed by atoms with van der Waals surface area (Å²) < 4.78 is 8.75. The zero-order valence-corrected chi connectivity index (χ0v) is 15.6. The minimum absolute atomic E-state index is 0.254. The highest BCUT2D eigenvalue weighted by Gasteiger charge is 2.09. The van der Waals surface area contributed by atoms with Crippen molar-refractivity contribution in [2.45, 2.75) is 6.54 Å². The molecule has 25 heavy (non-hydrogen) atoms. The van der Waals surface area contributed by atoms with Crippen LogP contribution in [0.2, 0.25) is 0 Å². The number of rotatable bonds is 5. The summed E-state index contributed by atoms with van der Waals surface area (Å²) in [4.78, 5) is 16.3. The average molecular weight is 420 g/mol. The summed E-state index contributed by atoms with van der Waals surface area (Å²) in [5.41, 5.74) is 0.429. The molecule has 0 saturated carbocycles. The van der Waals surface area contributed by atoms with E-state index in [1.54, 1.807) is 23.7 Å². The van der Waals surface area contributed by atoms with Crippen LogP contribution in [0.15, 0.2) is 47.1 Å². The predicted molar refractivity (Wildman–Crippen MR) is 98.0 cm³/mol. The topological polar surface area (TPSA) is 84.8 Å². The van der Waals surface area contributed by atoms with E-state index in [9.17, 15) is 4.79 Å². The van der Waals surface area contributed by atoms with Crippen LogP contribution in [-0.2, 0) is 13.6 Å². The normalized spacial score (nSPS) is 10.5. The number of benzene rings is 1. The van der Waals surface area contributed by atoms with Gasteiger partial charge in [-0.25, -0.2) is 4.98 Å². The molecule has 7 nitrogen and oxygen atoms in total. The molecular formula is C16H14BrN5O2S. The maximum Gasteiger partial charge on any atom is 0.253 e. The average Bonchev–Trinajstić information content (AvgIpc) is 2.92. The lowest BCUT2D eigenvalue weighted by molar-refractivity contribution is 0.0949. The molecule has 2 N–H and O–H groups in total. The molecule has 2 aromatic heterocycles. The zero-order valence-electron chi connectivity index (χ0n) is 13.2. The molecule has 0 unspecified atom stereocenters. The summed E-state index contributed by atoms with van der Waals surface area (Å²) in [7, 11) is 1.78. The molecule has 128 valence electrons. The van der Waals surface area contributed by atoms with Crippen molar-refractivity contribution in [2.75, 3.05) is 0 Å². The summed E-state index contributed by atoms with van der Waals surface area (Å²) in [6.07, 6.45) is 1.46. The summed E-state index contributed by atoms with van der Waals surface area (Å²) >= 11 is 8.41. The van der Waals surface area contributed by atoms with E-state index in [0.29, 0.717) is 27.8 Å². The SMILES string of the molecule is Cn1c(CNC(=O)c2ccc(Oc3cccc(Br)c3)nc2)n[nH]c1=S. The van der Waals surface area contributed by atoms with Gasteiger partial charge in [0, 0.05) is 23.8 Å². The number of halogens is 1. The number of ether oxygens (including phenoxy) is 1. The van der Waals surface area contributed by atoms with Crippen molar-refractivity contribution in [3.63, 3.8) is 0 Å². The lowest BCUT2D eigenvalue weighted by Gasteiger charge is -2.07. The first-order chi connectivity index (χ1) is 12.0. The van der Waals surface area contributed by atoms with Crippen LogP contribution in [0.4, 0.5) is 0 Å². The first-order valence-electron chi connectivity index (χ1n) is 7.31. The van der Waals surface area contributed by atoms with Crippen LogP contribution in [-0.4, -0.2) is 25.7 Å². The van der Waals surface area contributed by atoms with Crippen molar-refractivity contribution in [3.05, 3.63) is 63.2 Å². The molecule has 0 bridgehead atoms. The number of carbonyl (C=O) groups excluding carboxylic acids is 1. The van der Waals surface area contributed by atoms with Crippen LogP contribution in [0.1, 0.15) is 16.2 Å². The molecule has 0 radical (unpaired) electrons. The van der Waals surface area contributed by atoms with Crippen molar-refractivity contribution in [1.29, 1.82) is 0 Å². The van der Waals surface area contributed by atoms with Crippen LogP contribution >= 0.6 is 28.1 Å². The third kappa shape index (κ3) is 4.31. The van der Waals surface area contributed by atoms with Gasteiger partial charge in [-0.2, -0.15) is 5.10 Å². The summed E-state index contributed by atoms with van der Waals surface area (Å²) in [5, 5.41) is 9.48. The van der Waals surface area contributed by atoms with Crippen molar-refractivity contribution in [3.8, 4) is 11.6 Å². The fourth-order valence-corrected chi connectivity index (χ4v) is 2.55. The van der Waals surface area contributed by atoms with E-state index in [1.165, 1.54) is 6.20 Å². The van der Waals surface area contributed by atoms with Crippen molar-refractivity contribution in [2.24, 2.45) is 7.05 Å². The third-order valence-electron chi connectivity index (χ3n) is 3.40. The zero-order chi connectivity index (χ0) is 17.8. The standard InChI is InChI=1S/C16H14BrN5O2S/c1-22-13(20-21-16(22)25)9-19-15(23)10-5-6-14(18-8-10)24-12-4-2-3-11(17)7-12/h2-8H,9H2,1H3,(H,19,23)(H,21,25). The number of amides is 1. The van der Waals surface area contributed by atoms with Gasteiger partial charge in [0.25, 0.3) is 5.91 Å². The van der Waals surface area contributed by atoms with E-state index in [2.05, 4.69) is 36.4 Å². The number of carbonyl (C=O) groups is 1. The molecule has 0 spiro atoms. The van der Waals surface area contributed by atoms with Gasteiger partial charge in [-0.3, -0.25) is 9.89 Å². The number of hydrogen-bond donors (Lipinski definition) is 2. The largest absolute Gasteiger partial charge is 0.439 e. The second-order valence-electron chi connectivity index (χ2n) is 5.13. The quantitative estimate of drug-likeness (QED) is 0.619. The Hall–Kier alpha value is -2.52. The summed E-state index contributed by atoms with van der Waals surface area (Å²) in [5.74, 6) is 1.45. The van der Waals surface area contributed by atoms with Crippen LogP contribution in [0.3, 0.4) is 0 Å². The van der Waals surface area contributed by atoms with Gasteiger partial charge >= 0.3 is 0 Å². The van der Waals surface area contributed by atoms with Crippen molar-refractivity contribution in [1.82, 2.24) is 25.1 Å². The number of pyridine rings is 1. The highest BCUT2D eigenvalue weighted by atomic mass is 79.9. The molecule has 3 rings (SSSR count). The molecular weight excluding hydrogens is 406 g/mol. The van der Waals surface area contributed by atoms with Crippen LogP contribution in [0.25, 0.3) is 0 Å². The van der Waals surface area contributed by atoms with Gasteiger partial charge in [-0.1, -0.05) is 22.0 Å². The number of aromatic amines is 1. The number of H-pyrrole nitrogens is 1. The first kappa shape index (κ1) is 17.3. The molecule has 2 heterocycles. The number of hydrogen-bond acceptors (Lipinski definition) is 5. The van der Waals surface area contributed by atoms with Crippen LogP contribution in [0, 0.1) is 4.77 Å². The van der Waals surface area contributed by atoms with Gasteiger partial charge in [-0.15, -0.1) is 0 Å². The first-order valence-corrected chi connectivity index (χ1v) is 8.51. The Morgan fingerprint density at radius 3 is 2.88 bits per heavy atom. The highest BCUT2D eigenvalue weighted by molar-refractivity contribution is 9.10. The Balaban J connectivity index is 1.62. The van der Waals surface area contributed by atoms with Gasteiger partial charge in [0.15, 0.2) is 10.6 Å². The molecule has 0 atom stereocenters. The van der Waals surface area contributed by atoms with Gasteiger partial charge < -0.3 is 14.6 Å². The van der Waals surface area contributed by atoms with Crippen LogP contribution in [0.5, 0.6) is 11.6 Å². The molecule has 1 amide bonds. The summed E-state index contributed by atoms with van der Waals surface area (Å²) in [6.45, 7) is 0.263. The fourth-order valence-electron chi connectivity index (χ4n) is 2.03. The lowest BCUT2D eigenvalue weighted by Crippen LogP contribution is -2.24. The highest BCUT2D eigenvalue weighted by Crippen LogP contribution is 2.22. The molecule has 0 saturated heterocycles. The van der Waals surface area contributed by atoms with E-state index in [0.717, 1.165) is 4.47 Å². The Morgan fingerprint density at radius 2 is 2.24 bits per heavy atom. The van der Waals surface area contributed by atoms with Gasteiger partial charge in [0.2, 0.25) is 5.88 Å². The van der Waals surface area contributed by atoms with E-state index in [4.69, 9.17) is 17.0 Å². The van der Waals surface area contributed by atoms with E-state index >= 15 is 0 Å². The smallest absolute Gasteiger partial charge is 0.253 e. The second kappa shape index (κ2) is 7.58. The summed E-state index contributed by atoms with van der Waals surface area (Å²) in [6, 6.07) is 10.7. The van der Waals surface area contributed by atoms with E-state index in [-0.39, 0.29) is 12.5 Å². The molecule has 0 fully saturated rings. The maximum atomic E-state index is 12.2. The molecule has 0 aliphatic heterocycles. The van der Waals surface area contributed by atoms with E-state index < -0.39 is 0 Å². The van der Waals surface area contributed by atoms with E-state index in [1.807, 2.05) is 24.3 Å². The maximum absolute atomic E-state index is 12.2. The Kier molecular flexibility index (Phi) is 5.25. The molecule has 0 aliphatic rings. The number of aromatic nitrogens is 4. The van der Waals surface area contributed by atoms with Gasteiger partial charge in [0.1, 0.15) is 5.75 Å². The molecule has 3 aromatic rings. The third-order valence-corrected chi connectivity index (χ3v) is 4.25. The molecule has 9 heteroatoms. The minimum atomic E-state index is -0.254. The number of nitrogens with one attached hydrogen (secondary N) is 2. The second-order valence-corrected chi connectivity index (χ2v) is 6.43. The minimum Gasteiger partial charge on any atom is -0.439 e. The predicted octanol–water partition coefficient (Wildman–Crippen LogP) is 3.36. The lowest BCUT2D eigenvalue weighted by atomic mass is 10.2. The molecule has 0 aliphatic carbocycles. The number of nitrogens with zero attached hydrogens (tertiary/aromatic N) is 3. The fraction of sp³-hybridized carbons (Fsp3) is 0.125. The van der Waals surface area contributed by atoms with Gasteiger partial charge in [0.05, 0.1) is 12.1 Å². The Labute approximate surface area is 157 Å². The monoisotopic (exact) mass is 419 g/mol. The van der Waals surface area contributed by atoms with Gasteiger partial charge in [-0.05, 0) is 36.5 Å². The Bertz CT molecular complexity index is 952. The van der Waals surface area contributed by atoms with Crippen LogP contribution < -0.4 is 10.1 Å². The van der Waals surface area contributed by atoms with Crippen molar-refractivity contribution < 1.29 is 9.53 Å².